The molecule has 1 saturated heterocycles. The van der Waals surface area contributed by atoms with E-state index in [-0.39, 0.29) is 31.4 Å². The number of nitrogens with zero attached hydrogens (tertiary/aromatic N) is 1. The van der Waals surface area contributed by atoms with Crippen molar-refractivity contribution in [1.82, 2.24) is 10.6 Å². The SMILES string of the molecule is O=C1CCN(c2ccccc2C(=O)N[C@@H](CO)Cc2ccccc2)C(=O)N1. The fourth-order valence-corrected chi connectivity index (χ4v) is 3.02. The minimum atomic E-state index is -0.547. The highest BCUT2D eigenvalue weighted by molar-refractivity contribution is 6.09. The Morgan fingerprint density at radius 2 is 1.81 bits per heavy atom. The molecule has 1 fully saturated rings. The van der Waals surface area contributed by atoms with Gasteiger partial charge in [-0.1, -0.05) is 42.5 Å². The molecular weight excluding hydrogens is 346 g/mol. The number of carbonyl (C=O) groups is 3. The van der Waals surface area contributed by atoms with E-state index in [9.17, 15) is 19.5 Å². The zero-order chi connectivity index (χ0) is 19.2. The third kappa shape index (κ3) is 4.51. The molecule has 1 heterocycles. The monoisotopic (exact) mass is 367 g/mol. The van der Waals surface area contributed by atoms with Crippen LogP contribution in [-0.4, -0.2) is 42.1 Å². The number of carbonyl (C=O) groups excluding carboxylic acids is 3. The van der Waals surface area contributed by atoms with Crippen LogP contribution < -0.4 is 15.5 Å². The Kier molecular flexibility index (Phi) is 5.83. The summed E-state index contributed by atoms with van der Waals surface area (Å²) in [5, 5.41) is 14.7. The van der Waals surface area contributed by atoms with E-state index < -0.39 is 12.1 Å². The topological polar surface area (TPSA) is 98.7 Å². The van der Waals surface area contributed by atoms with Crippen molar-refractivity contribution < 1.29 is 19.5 Å². The number of amides is 4. The Balaban J connectivity index is 1.76. The number of hydrogen-bond acceptors (Lipinski definition) is 4. The second-order valence-electron chi connectivity index (χ2n) is 6.31. The van der Waals surface area contributed by atoms with Crippen LogP contribution in [0.5, 0.6) is 0 Å². The highest BCUT2D eigenvalue weighted by atomic mass is 16.3. The zero-order valence-electron chi connectivity index (χ0n) is 14.7. The van der Waals surface area contributed by atoms with Gasteiger partial charge < -0.3 is 10.4 Å². The van der Waals surface area contributed by atoms with Gasteiger partial charge in [0.05, 0.1) is 23.9 Å². The third-order valence-electron chi connectivity index (χ3n) is 4.37. The van der Waals surface area contributed by atoms with E-state index in [1.54, 1.807) is 24.3 Å². The minimum Gasteiger partial charge on any atom is -0.394 e. The molecule has 7 heteroatoms. The first-order valence-corrected chi connectivity index (χ1v) is 8.74. The van der Waals surface area contributed by atoms with Crippen LogP contribution in [0.1, 0.15) is 22.3 Å². The van der Waals surface area contributed by atoms with E-state index in [0.29, 0.717) is 17.7 Å². The van der Waals surface area contributed by atoms with Gasteiger partial charge in [0.2, 0.25) is 5.91 Å². The maximum absolute atomic E-state index is 12.8. The van der Waals surface area contributed by atoms with E-state index in [2.05, 4.69) is 10.6 Å². The number of urea groups is 1. The number of imide groups is 1. The van der Waals surface area contributed by atoms with Gasteiger partial charge in [-0.25, -0.2) is 4.79 Å². The predicted molar refractivity (Wildman–Crippen MR) is 100 cm³/mol. The third-order valence-corrected chi connectivity index (χ3v) is 4.37. The number of aliphatic hydroxyl groups is 1. The Bertz CT molecular complexity index is 838. The van der Waals surface area contributed by atoms with Crippen molar-refractivity contribution in [1.29, 1.82) is 0 Å². The quantitative estimate of drug-likeness (QED) is 0.720. The Hall–Kier alpha value is -3.19. The average Bonchev–Trinajstić information content (AvgIpc) is 2.68. The zero-order valence-corrected chi connectivity index (χ0v) is 14.7. The van der Waals surface area contributed by atoms with Gasteiger partial charge in [0.1, 0.15) is 0 Å². The number of benzene rings is 2. The highest BCUT2D eigenvalue weighted by Crippen LogP contribution is 2.22. The summed E-state index contributed by atoms with van der Waals surface area (Å²) in [6, 6.07) is 15.3. The molecule has 3 rings (SSSR count). The van der Waals surface area contributed by atoms with E-state index in [0.717, 1.165) is 5.56 Å². The van der Waals surface area contributed by atoms with Crippen molar-refractivity contribution in [3.63, 3.8) is 0 Å². The number of anilines is 1. The summed E-state index contributed by atoms with van der Waals surface area (Å²) in [6.45, 7) is 0.00388. The van der Waals surface area contributed by atoms with Gasteiger partial charge in [-0.05, 0) is 24.1 Å². The van der Waals surface area contributed by atoms with E-state index >= 15 is 0 Å². The number of rotatable bonds is 6. The molecule has 0 saturated carbocycles. The van der Waals surface area contributed by atoms with Crippen LogP contribution in [0.25, 0.3) is 0 Å². The summed E-state index contributed by atoms with van der Waals surface area (Å²) in [5.41, 5.74) is 1.74. The molecule has 1 aliphatic rings. The normalized spacial score (nSPS) is 15.2. The van der Waals surface area contributed by atoms with Gasteiger partial charge in [-0.15, -0.1) is 0 Å². The summed E-state index contributed by atoms with van der Waals surface area (Å²) in [5.74, 6) is -0.716. The molecule has 0 unspecified atom stereocenters. The largest absolute Gasteiger partial charge is 0.394 e. The second kappa shape index (κ2) is 8.46. The van der Waals surface area contributed by atoms with Gasteiger partial charge in [-0.3, -0.25) is 19.8 Å². The summed E-state index contributed by atoms with van der Waals surface area (Å²) in [6.07, 6.45) is 0.666. The lowest BCUT2D eigenvalue weighted by atomic mass is 10.1. The van der Waals surface area contributed by atoms with Gasteiger partial charge in [0, 0.05) is 13.0 Å². The Morgan fingerprint density at radius 3 is 2.52 bits per heavy atom. The molecule has 1 aliphatic heterocycles. The fourth-order valence-electron chi connectivity index (χ4n) is 3.02. The van der Waals surface area contributed by atoms with Crippen LogP contribution in [0.15, 0.2) is 54.6 Å². The van der Waals surface area contributed by atoms with Crippen molar-refractivity contribution >= 4 is 23.5 Å². The second-order valence-corrected chi connectivity index (χ2v) is 6.31. The molecule has 0 aliphatic carbocycles. The van der Waals surface area contributed by atoms with Crippen LogP contribution >= 0.6 is 0 Å². The molecule has 27 heavy (non-hydrogen) atoms. The molecule has 4 amide bonds. The number of nitrogens with one attached hydrogen (secondary N) is 2. The van der Waals surface area contributed by atoms with Crippen LogP contribution in [0, 0.1) is 0 Å². The molecule has 1 atom stereocenters. The molecule has 3 N–H and O–H groups in total. The first-order chi connectivity index (χ1) is 13.1. The molecule has 0 spiro atoms. The van der Waals surface area contributed by atoms with Crippen LogP contribution in [-0.2, 0) is 11.2 Å². The molecule has 0 bridgehead atoms. The van der Waals surface area contributed by atoms with Crippen molar-refractivity contribution in [2.45, 2.75) is 18.9 Å². The van der Waals surface area contributed by atoms with Crippen molar-refractivity contribution in [2.24, 2.45) is 0 Å². The lowest BCUT2D eigenvalue weighted by molar-refractivity contribution is -0.120. The van der Waals surface area contributed by atoms with Crippen molar-refractivity contribution in [3.05, 3.63) is 65.7 Å². The van der Waals surface area contributed by atoms with Crippen LogP contribution in [0.2, 0.25) is 0 Å². The lowest BCUT2D eigenvalue weighted by Gasteiger charge is -2.28. The van der Waals surface area contributed by atoms with Crippen LogP contribution in [0.4, 0.5) is 10.5 Å². The lowest BCUT2D eigenvalue weighted by Crippen LogP contribution is -2.50. The van der Waals surface area contributed by atoms with Gasteiger partial charge >= 0.3 is 6.03 Å². The smallest absolute Gasteiger partial charge is 0.328 e. The predicted octanol–water partition coefficient (Wildman–Crippen LogP) is 1.47. The molecule has 7 nitrogen and oxygen atoms in total. The average molecular weight is 367 g/mol. The van der Waals surface area contributed by atoms with E-state index in [4.69, 9.17) is 0 Å². The van der Waals surface area contributed by atoms with Crippen LogP contribution in [0.3, 0.4) is 0 Å². The standard InChI is InChI=1S/C20H21N3O4/c24-13-15(12-14-6-2-1-3-7-14)21-19(26)16-8-4-5-9-17(16)23-11-10-18(25)22-20(23)27/h1-9,15,24H,10-13H2,(H,21,26)(H,22,25,27)/t15-/m1/s1. The molecule has 2 aromatic rings. The summed E-state index contributed by atoms with van der Waals surface area (Å²) in [7, 11) is 0. The number of para-hydroxylation sites is 1. The summed E-state index contributed by atoms with van der Waals surface area (Å²) >= 11 is 0. The maximum Gasteiger partial charge on any atom is 0.328 e. The molecular formula is C20H21N3O4. The maximum atomic E-state index is 12.8. The van der Waals surface area contributed by atoms with Crippen molar-refractivity contribution in [2.75, 3.05) is 18.1 Å². The Morgan fingerprint density at radius 1 is 1.11 bits per heavy atom. The minimum absolute atomic E-state index is 0.176. The van der Waals surface area contributed by atoms with E-state index in [1.807, 2.05) is 30.3 Å². The van der Waals surface area contributed by atoms with Crippen molar-refractivity contribution in [3.8, 4) is 0 Å². The van der Waals surface area contributed by atoms with Gasteiger partial charge in [0.15, 0.2) is 0 Å². The number of hydrogen-bond donors (Lipinski definition) is 3. The fraction of sp³-hybridized carbons (Fsp3) is 0.250. The first-order valence-electron chi connectivity index (χ1n) is 8.74. The van der Waals surface area contributed by atoms with Gasteiger partial charge in [-0.2, -0.15) is 0 Å². The summed E-state index contributed by atoms with van der Waals surface area (Å²) in [4.78, 5) is 37.7. The van der Waals surface area contributed by atoms with Gasteiger partial charge in [0.25, 0.3) is 5.91 Å². The highest BCUT2D eigenvalue weighted by Gasteiger charge is 2.27. The first kappa shape index (κ1) is 18.6. The molecule has 0 aromatic heterocycles. The molecule has 2 aromatic carbocycles. The molecule has 0 radical (unpaired) electrons. The summed E-state index contributed by atoms with van der Waals surface area (Å²) < 4.78 is 0. The molecule has 140 valence electrons. The van der Waals surface area contributed by atoms with E-state index in [1.165, 1.54) is 4.90 Å². The number of aliphatic hydroxyl groups excluding tert-OH is 1. The Labute approximate surface area is 157 Å².